The van der Waals surface area contributed by atoms with E-state index in [1.165, 1.54) is 28.0 Å². The molecule has 2 aromatic carbocycles. The molecule has 0 saturated heterocycles. The number of hydrogen-bond acceptors (Lipinski definition) is 5. The molecular weight excluding hydrogens is 372 g/mol. The molecule has 0 saturated carbocycles. The lowest BCUT2D eigenvalue weighted by Gasteiger charge is -2.31. The van der Waals surface area contributed by atoms with Gasteiger partial charge in [-0.05, 0) is 71.0 Å². The first-order valence-electron chi connectivity index (χ1n) is 10.2. The zero-order valence-electron chi connectivity index (χ0n) is 16.4. The van der Waals surface area contributed by atoms with Gasteiger partial charge in [0.05, 0.1) is 6.04 Å². The van der Waals surface area contributed by atoms with Gasteiger partial charge >= 0.3 is 0 Å². The summed E-state index contributed by atoms with van der Waals surface area (Å²) in [7, 11) is 0. The fourth-order valence-corrected chi connectivity index (χ4v) is 4.83. The molecule has 0 amide bonds. The molecule has 6 heteroatoms. The zero-order chi connectivity index (χ0) is 19.9. The van der Waals surface area contributed by atoms with E-state index in [1.807, 2.05) is 18.5 Å². The number of pyridine rings is 1. The zero-order valence-corrected chi connectivity index (χ0v) is 16.4. The SMILES string of the molecule is c1cc(-c2nn[nH]n2)cc(N2C3=C(CC2c2ccncc2)c2ccccc2CC3)c1. The molecule has 146 valence electrons. The van der Waals surface area contributed by atoms with E-state index in [0.29, 0.717) is 5.82 Å². The normalized spacial score (nSPS) is 17.7. The first-order valence-corrected chi connectivity index (χ1v) is 10.2. The van der Waals surface area contributed by atoms with Crippen LogP contribution in [0.2, 0.25) is 0 Å². The van der Waals surface area contributed by atoms with Gasteiger partial charge in [0, 0.05) is 29.3 Å². The molecule has 0 spiro atoms. The number of rotatable bonds is 3. The lowest BCUT2D eigenvalue weighted by atomic mass is 9.88. The maximum absolute atomic E-state index is 4.23. The van der Waals surface area contributed by atoms with Crippen molar-refractivity contribution in [1.82, 2.24) is 25.6 Å². The van der Waals surface area contributed by atoms with Crippen molar-refractivity contribution < 1.29 is 0 Å². The Labute approximate surface area is 174 Å². The molecule has 0 radical (unpaired) electrons. The molecule has 4 aromatic rings. The molecule has 1 aliphatic heterocycles. The maximum Gasteiger partial charge on any atom is 0.204 e. The number of nitrogens with one attached hydrogen (secondary N) is 1. The van der Waals surface area contributed by atoms with Gasteiger partial charge in [-0.2, -0.15) is 5.21 Å². The highest BCUT2D eigenvalue weighted by Crippen LogP contribution is 2.50. The number of aryl methyl sites for hydroxylation is 1. The minimum Gasteiger partial charge on any atom is -0.337 e. The van der Waals surface area contributed by atoms with Gasteiger partial charge in [0.15, 0.2) is 0 Å². The van der Waals surface area contributed by atoms with Crippen LogP contribution in [-0.2, 0) is 6.42 Å². The Morgan fingerprint density at radius 2 is 1.83 bits per heavy atom. The second-order valence-corrected chi connectivity index (χ2v) is 7.74. The van der Waals surface area contributed by atoms with E-state index < -0.39 is 0 Å². The Hall–Kier alpha value is -3.80. The summed E-state index contributed by atoms with van der Waals surface area (Å²) in [4.78, 5) is 6.73. The van der Waals surface area contributed by atoms with Crippen molar-refractivity contribution in [2.75, 3.05) is 4.90 Å². The van der Waals surface area contributed by atoms with Crippen LogP contribution in [0.5, 0.6) is 0 Å². The molecule has 30 heavy (non-hydrogen) atoms. The van der Waals surface area contributed by atoms with Crippen LogP contribution in [-0.4, -0.2) is 25.6 Å². The van der Waals surface area contributed by atoms with Gasteiger partial charge in [-0.1, -0.05) is 36.4 Å². The highest BCUT2D eigenvalue weighted by atomic mass is 15.5. The summed E-state index contributed by atoms with van der Waals surface area (Å²) in [5.41, 5.74) is 9.12. The molecule has 0 bridgehead atoms. The number of aromatic amines is 1. The predicted octanol–water partition coefficient (Wildman–Crippen LogP) is 4.57. The number of hydrogen-bond donors (Lipinski definition) is 1. The van der Waals surface area contributed by atoms with Gasteiger partial charge in [-0.15, -0.1) is 10.2 Å². The van der Waals surface area contributed by atoms with Crippen molar-refractivity contribution in [3.8, 4) is 11.4 Å². The van der Waals surface area contributed by atoms with Crippen LogP contribution >= 0.6 is 0 Å². The Balaban J connectivity index is 1.50. The summed E-state index contributed by atoms with van der Waals surface area (Å²) in [5, 5.41) is 14.6. The highest BCUT2D eigenvalue weighted by Gasteiger charge is 2.36. The van der Waals surface area contributed by atoms with Crippen molar-refractivity contribution in [2.45, 2.75) is 25.3 Å². The Bertz CT molecular complexity index is 1230. The maximum atomic E-state index is 4.23. The van der Waals surface area contributed by atoms with Crippen LogP contribution in [0.3, 0.4) is 0 Å². The molecule has 2 aromatic heterocycles. The Morgan fingerprint density at radius 3 is 2.70 bits per heavy atom. The minimum atomic E-state index is 0.240. The van der Waals surface area contributed by atoms with Gasteiger partial charge in [-0.25, -0.2) is 0 Å². The number of nitrogens with zero attached hydrogens (tertiary/aromatic N) is 5. The van der Waals surface area contributed by atoms with Gasteiger partial charge in [0.2, 0.25) is 5.82 Å². The van der Waals surface area contributed by atoms with Crippen molar-refractivity contribution >= 4 is 11.3 Å². The number of fused-ring (bicyclic) bond motifs is 2. The third-order valence-electron chi connectivity index (χ3n) is 6.14. The molecular formula is C24H20N6. The first kappa shape index (κ1) is 17.1. The smallest absolute Gasteiger partial charge is 0.204 e. The van der Waals surface area contributed by atoms with Crippen LogP contribution in [0.15, 0.2) is 78.8 Å². The Morgan fingerprint density at radius 1 is 0.933 bits per heavy atom. The summed E-state index contributed by atoms with van der Waals surface area (Å²) in [5.74, 6) is 0.611. The number of anilines is 1. The van der Waals surface area contributed by atoms with Crippen molar-refractivity contribution in [1.29, 1.82) is 0 Å². The van der Waals surface area contributed by atoms with Gasteiger partial charge in [0.1, 0.15) is 0 Å². The fourth-order valence-electron chi connectivity index (χ4n) is 4.83. The van der Waals surface area contributed by atoms with E-state index >= 15 is 0 Å². The molecule has 1 atom stereocenters. The van der Waals surface area contributed by atoms with E-state index in [9.17, 15) is 0 Å². The quantitative estimate of drug-likeness (QED) is 0.553. The van der Waals surface area contributed by atoms with E-state index in [2.05, 4.69) is 85.1 Å². The minimum absolute atomic E-state index is 0.240. The summed E-state index contributed by atoms with van der Waals surface area (Å²) in [6, 6.07) is 21.8. The van der Waals surface area contributed by atoms with Gasteiger partial charge < -0.3 is 4.90 Å². The monoisotopic (exact) mass is 392 g/mol. The van der Waals surface area contributed by atoms with Crippen LogP contribution in [0.4, 0.5) is 5.69 Å². The third-order valence-corrected chi connectivity index (χ3v) is 6.14. The van der Waals surface area contributed by atoms with Crippen LogP contribution < -0.4 is 4.90 Å². The number of aromatic nitrogens is 5. The van der Waals surface area contributed by atoms with E-state index in [-0.39, 0.29) is 6.04 Å². The second kappa shape index (κ2) is 6.91. The van der Waals surface area contributed by atoms with Crippen molar-refractivity contribution in [3.63, 3.8) is 0 Å². The molecule has 2 aliphatic rings. The molecule has 0 fully saturated rings. The summed E-state index contributed by atoms with van der Waals surface area (Å²) < 4.78 is 0. The second-order valence-electron chi connectivity index (χ2n) is 7.74. The van der Waals surface area contributed by atoms with Crippen LogP contribution in [0.25, 0.3) is 17.0 Å². The molecule has 1 N–H and O–H groups in total. The summed E-state index contributed by atoms with van der Waals surface area (Å²) in [6.45, 7) is 0. The lowest BCUT2D eigenvalue weighted by Crippen LogP contribution is -2.24. The average molecular weight is 392 g/mol. The van der Waals surface area contributed by atoms with Gasteiger partial charge in [0.25, 0.3) is 0 Å². The fraction of sp³-hybridized carbons (Fsp3) is 0.167. The van der Waals surface area contributed by atoms with Crippen molar-refractivity contribution in [3.05, 3.63) is 95.4 Å². The average Bonchev–Trinajstić information content (AvgIpc) is 3.48. The third kappa shape index (κ3) is 2.72. The number of H-pyrrole nitrogens is 1. The standard InChI is InChI=1S/C24H20N6/c1-2-7-20-16(4-1)8-9-22-21(20)15-23(17-10-12-25-13-11-17)30(22)19-6-3-5-18(14-19)24-26-28-29-27-24/h1-7,10-14,23H,8-9,15H2,(H,26,27,28,29). The first-order chi connectivity index (χ1) is 14.9. The number of benzene rings is 2. The van der Waals surface area contributed by atoms with Crippen LogP contribution in [0, 0.1) is 0 Å². The Kier molecular flexibility index (Phi) is 3.94. The molecule has 1 unspecified atom stereocenters. The number of allylic oxidation sites excluding steroid dienone is 1. The molecule has 6 rings (SSSR count). The molecule has 3 heterocycles. The number of tetrazole rings is 1. The van der Waals surface area contributed by atoms with Crippen LogP contribution in [0.1, 0.15) is 35.6 Å². The highest BCUT2D eigenvalue weighted by molar-refractivity contribution is 5.82. The lowest BCUT2D eigenvalue weighted by molar-refractivity contribution is 0.717. The van der Waals surface area contributed by atoms with Crippen molar-refractivity contribution in [2.24, 2.45) is 0 Å². The van der Waals surface area contributed by atoms with E-state index in [0.717, 1.165) is 30.5 Å². The van der Waals surface area contributed by atoms with E-state index in [1.54, 1.807) is 0 Å². The predicted molar refractivity (Wildman–Crippen MR) is 115 cm³/mol. The summed E-state index contributed by atoms with van der Waals surface area (Å²) >= 11 is 0. The topological polar surface area (TPSA) is 70.6 Å². The largest absolute Gasteiger partial charge is 0.337 e. The molecule has 1 aliphatic carbocycles. The molecule has 6 nitrogen and oxygen atoms in total. The van der Waals surface area contributed by atoms with Gasteiger partial charge in [-0.3, -0.25) is 4.98 Å². The summed E-state index contributed by atoms with van der Waals surface area (Å²) in [6.07, 6.45) is 6.87. The van der Waals surface area contributed by atoms with E-state index in [4.69, 9.17) is 0 Å².